The number of aliphatic hydroxyl groups is 3. The van der Waals surface area contributed by atoms with E-state index in [0.717, 1.165) is 50.5 Å². The molecule has 6 heterocycles. The zero-order valence-corrected chi connectivity index (χ0v) is 83.3. The van der Waals surface area contributed by atoms with E-state index in [9.17, 15) is 14.4 Å². The first-order valence-electron chi connectivity index (χ1n) is 39.5. The topological polar surface area (TPSA) is 151 Å². The van der Waals surface area contributed by atoms with E-state index < -0.39 is 0 Å². The second kappa shape index (κ2) is 44.5. The molecular formula is C102H120Ir3N3O6S3-3. The first-order valence-corrected chi connectivity index (χ1v) is 41.9. The summed E-state index contributed by atoms with van der Waals surface area (Å²) in [6.45, 7) is 57.9. The van der Waals surface area contributed by atoms with Crippen molar-refractivity contribution in [3.63, 3.8) is 0 Å². The van der Waals surface area contributed by atoms with Gasteiger partial charge in [-0.3, -0.25) is 14.4 Å². The number of thiophene rings is 3. The number of aryl methyl sites for hydroxylation is 3. The smallest absolute Gasteiger partial charge is 0.155 e. The van der Waals surface area contributed by atoms with Gasteiger partial charge in [-0.05, 0) is 183 Å². The van der Waals surface area contributed by atoms with E-state index >= 15 is 0 Å². The number of nitrogens with zero attached hydrogens (tertiary/aromatic N) is 3. The number of fused-ring (bicyclic) bond motifs is 3. The predicted molar refractivity (Wildman–Crippen MR) is 490 cm³/mol. The number of hydrogen-bond donors (Lipinski definition) is 3. The molecule has 0 bridgehead atoms. The molecular weight excluding hydrogens is 2040 g/mol. The normalized spacial score (nSPS) is 11.8. The van der Waals surface area contributed by atoms with Crippen LogP contribution in [-0.4, -0.2) is 47.6 Å². The van der Waals surface area contributed by atoms with Gasteiger partial charge < -0.3 is 30.3 Å². The maximum Gasteiger partial charge on any atom is 0.155 e. The Bertz CT molecular complexity index is 5340. The third kappa shape index (κ3) is 30.2. The number of benzene rings is 6. The molecule has 0 fully saturated rings. The Morgan fingerprint density at radius 2 is 0.650 bits per heavy atom. The molecule has 12 rings (SSSR count). The summed E-state index contributed by atoms with van der Waals surface area (Å²) in [6.07, 6.45) is 9.58. The number of allylic oxidation sites excluding steroid dienone is 6. The molecule has 9 nitrogen and oxygen atoms in total. The van der Waals surface area contributed by atoms with Crippen LogP contribution in [0.4, 0.5) is 0 Å². The van der Waals surface area contributed by atoms with Gasteiger partial charge in [-0.1, -0.05) is 231 Å². The van der Waals surface area contributed by atoms with Crippen molar-refractivity contribution in [2.24, 2.45) is 0 Å². The number of aliphatic hydroxyl groups excluding tert-OH is 3. The maximum atomic E-state index is 10.0. The Hall–Kier alpha value is -7.77. The largest absolute Gasteiger partial charge is 0.512 e. The van der Waals surface area contributed by atoms with Crippen molar-refractivity contribution in [3.05, 3.63) is 267 Å². The van der Waals surface area contributed by atoms with E-state index in [2.05, 4.69) is 304 Å². The molecule has 6 aromatic heterocycles. The van der Waals surface area contributed by atoms with Crippen LogP contribution in [-0.2, 0) is 90.9 Å². The van der Waals surface area contributed by atoms with Crippen molar-refractivity contribution >= 4 is 81.6 Å². The van der Waals surface area contributed by atoms with Crippen molar-refractivity contribution in [1.82, 2.24) is 15.0 Å². The van der Waals surface area contributed by atoms with Crippen molar-refractivity contribution < 1.29 is 90.0 Å². The second-order valence-electron chi connectivity index (χ2n) is 34.6. The molecule has 0 aliphatic heterocycles. The maximum absolute atomic E-state index is 10.0. The molecule has 0 saturated carbocycles. The molecule has 0 spiro atoms. The number of hydrogen-bond acceptors (Lipinski definition) is 12. The van der Waals surface area contributed by atoms with Crippen LogP contribution in [0.2, 0.25) is 0 Å². The van der Waals surface area contributed by atoms with Gasteiger partial charge in [0.05, 0.1) is 31.4 Å². The van der Waals surface area contributed by atoms with Crippen molar-refractivity contribution in [2.45, 2.75) is 240 Å². The Balaban J connectivity index is 0.000000324. The van der Waals surface area contributed by atoms with E-state index in [-0.39, 0.29) is 111 Å². The van der Waals surface area contributed by atoms with Crippen LogP contribution in [0.1, 0.15) is 264 Å². The Morgan fingerprint density at radius 3 is 0.915 bits per heavy atom. The van der Waals surface area contributed by atoms with Gasteiger partial charge in [0.15, 0.2) is 17.3 Å². The average Bonchev–Trinajstić information content (AvgIpc) is 1.64. The van der Waals surface area contributed by atoms with Crippen LogP contribution in [0, 0.1) is 39.0 Å². The van der Waals surface area contributed by atoms with Crippen molar-refractivity contribution in [1.29, 1.82) is 0 Å². The minimum Gasteiger partial charge on any atom is -0.512 e. The molecule has 0 unspecified atom stereocenters. The van der Waals surface area contributed by atoms with Crippen LogP contribution in [0.5, 0.6) is 0 Å². The fourth-order valence-corrected chi connectivity index (χ4v) is 15.9. The van der Waals surface area contributed by atoms with E-state index in [4.69, 9.17) is 30.3 Å². The summed E-state index contributed by atoms with van der Waals surface area (Å²) in [6, 6.07) is 60.4. The summed E-state index contributed by atoms with van der Waals surface area (Å²) in [4.78, 5) is 48.4. The number of carbonyl (C=O) groups is 3. The molecule has 15 heteroatoms. The Labute approximate surface area is 751 Å². The van der Waals surface area contributed by atoms with Crippen LogP contribution in [0.25, 0.3) is 95.4 Å². The summed E-state index contributed by atoms with van der Waals surface area (Å²) in [5.41, 5.74) is 25.0. The van der Waals surface area contributed by atoms with Gasteiger partial charge in [0.1, 0.15) is 0 Å². The average molecular weight is 2160 g/mol. The van der Waals surface area contributed by atoms with E-state index in [1.807, 2.05) is 41.3 Å². The summed E-state index contributed by atoms with van der Waals surface area (Å²) >= 11 is 5.49. The quantitative estimate of drug-likeness (QED) is 0.0549. The first kappa shape index (κ1) is 102. The van der Waals surface area contributed by atoms with Gasteiger partial charge >= 0.3 is 0 Å². The predicted octanol–water partition coefficient (Wildman–Crippen LogP) is 29.8. The molecule has 3 radical (unpaired) electrons. The standard InChI is InChI=1S/2C30H34NS.C27H28NS.3C5H8O2.3Ir/c1-18(2)21-11-22(19(3)4)13-24(12-21)28-16-25-15-27(31-17-29(25)32-28)23-9-20(5)10-26(14-23)30(6,7)8;1-18(2)24-10-9-11-25(19(3)4)29(24)27-16-22-15-26(31-17-28(22)32-27)21-12-20(5)13-23(14-21)30(6,7)8;1-17(2)19-7-9-20(10-8-19)25-15-22-14-24(28-16-26(22)29-25)21-11-18(3)12-23(13-21)27(4,5)6;3*1-4(6)3-5(2)7;;;/h10-19H,1-8H3;9-11,13-19H,1-8H3;7-10,12-17H,1-6H3;3*3,6H,1-2H3;;;/q3*-1;;;;;;. The number of aromatic nitrogens is 3. The number of pyridine rings is 3. The zero-order valence-electron chi connectivity index (χ0n) is 73.7. The third-order valence-electron chi connectivity index (χ3n) is 19.0. The Morgan fingerprint density at radius 1 is 0.359 bits per heavy atom. The van der Waals surface area contributed by atoms with Crippen LogP contribution >= 0.6 is 34.0 Å². The first-order chi connectivity index (χ1) is 53.1. The number of ketones is 3. The molecule has 12 aromatic rings. The van der Waals surface area contributed by atoms with Crippen LogP contribution in [0.15, 0.2) is 188 Å². The van der Waals surface area contributed by atoms with Gasteiger partial charge in [-0.25, -0.2) is 0 Å². The fraction of sp³-hybridized carbons (Fsp3) is 0.353. The molecule has 0 aliphatic carbocycles. The SMILES string of the molecule is CC(=O)C=C(C)O.CC(=O)C=C(C)O.CC(=O)C=C(C)O.Cc1[c-]c(-c2cc3cc(-c4c(C(C)C)cccc4C(C)C)sc3cn2)cc(C(C)(C)C)c1.Cc1[c-]c(-c2cc3cc(-c4cc(C(C)C)cc(C(C)C)c4)sc3cn2)cc(C(C)(C)C)c1.Cc1[c-]c(-c2cc3cc(-c4ccc(C(C)C)cc4)sc3cn2)cc(C(C)(C)C)c1.[Ir].[Ir].[Ir]. The monoisotopic (exact) mass is 2160 g/mol. The summed E-state index contributed by atoms with van der Waals surface area (Å²) in [7, 11) is 0. The van der Waals surface area contributed by atoms with Crippen molar-refractivity contribution in [2.75, 3.05) is 0 Å². The summed E-state index contributed by atoms with van der Waals surface area (Å²) in [5.74, 6) is 2.38. The van der Waals surface area contributed by atoms with Gasteiger partial charge in [-0.2, -0.15) is 0 Å². The second-order valence-corrected chi connectivity index (χ2v) is 37.8. The van der Waals surface area contributed by atoms with E-state index in [0.29, 0.717) is 29.6 Å². The molecule has 0 atom stereocenters. The minimum atomic E-state index is -0.125. The van der Waals surface area contributed by atoms with Gasteiger partial charge in [-0.15, -0.1) is 139 Å². The molecule has 6 aromatic carbocycles. The van der Waals surface area contributed by atoms with Gasteiger partial charge in [0.2, 0.25) is 0 Å². The molecule has 0 amide bonds. The van der Waals surface area contributed by atoms with E-state index in [1.54, 1.807) is 11.3 Å². The molecule has 3 N–H and O–H groups in total. The van der Waals surface area contributed by atoms with Crippen LogP contribution < -0.4 is 0 Å². The number of rotatable bonds is 14. The fourth-order valence-electron chi connectivity index (χ4n) is 12.8. The number of carbonyl (C=O) groups excluding carboxylic acids is 3. The van der Waals surface area contributed by atoms with Gasteiger partial charge in [0.25, 0.3) is 0 Å². The van der Waals surface area contributed by atoms with E-state index in [1.165, 1.54) is 166 Å². The summed E-state index contributed by atoms with van der Waals surface area (Å²) in [5, 5.41) is 28.8. The summed E-state index contributed by atoms with van der Waals surface area (Å²) < 4.78 is 3.69. The third-order valence-corrected chi connectivity index (χ3v) is 22.3. The minimum absolute atomic E-state index is 0. The molecule has 0 aliphatic rings. The van der Waals surface area contributed by atoms with Gasteiger partial charge in [0, 0.05) is 112 Å². The van der Waals surface area contributed by atoms with Crippen LogP contribution in [0.3, 0.4) is 0 Å². The van der Waals surface area contributed by atoms with Crippen molar-refractivity contribution in [3.8, 4) is 65.1 Å². The molecule has 627 valence electrons. The Kier molecular flexibility index (Phi) is 38.6. The molecule has 0 saturated heterocycles. The molecule has 117 heavy (non-hydrogen) atoms. The zero-order chi connectivity index (χ0) is 84.8.